The van der Waals surface area contributed by atoms with Gasteiger partial charge in [0.1, 0.15) is 0 Å². The second-order valence-corrected chi connectivity index (χ2v) is 4.51. The molecular formula is C11H11BrN2O2. The molecule has 1 aliphatic heterocycles. The van der Waals surface area contributed by atoms with Crippen molar-refractivity contribution >= 4 is 33.4 Å². The number of nitrogens with one attached hydrogen (secondary N) is 1. The minimum Gasteiger partial charge on any atom is -0.300 e. The number of hydrogen-bond acceptors (Lipinski definition) is 3. The quantitative estimate of drug-likeness (QED) is 0.788. The van der Waals surface area contributed by atoms with Crippen LogP contribution in [-0.2, 0) is 9.59 Å². The van der Waals surface area contributed by atoms with Crippen molar-refractivity contribution in [3.63, 3.8) is 0 Å². The van der Waals surface area contributed by atoms with Gasteiger partial charge in [0.25, 0.3) is 0 Å². The number of rotatable bonds is 1. The van der Waals surface area contributed by atoms with Crippen LogP contribution in [0.4, 0.5) is 5.69 Å². The van der Waals surface area contributed by atoms with E-state index >= 15 is 0 Å². The number of amides is 2. The molecule has 5 heteroatoms. The number of carbonyl (C=O) groups is 2. The van der Waals surface area contributed by atoms with Gasteiger partial charge in [-0.15, -0.1) is 0 Å². The summed E-state index contributed by atoms with van der Waals surface area (Å²) in [7, 11) is 0. The molecule has 4 nitrogen and oxygen atoms in total. The summed E-state index contributed by atoms with van der Waals surface area (Å²) in [6.45, 7) is 2.34. The molecule has 2 rings (SSSR count). The average Bonchev–Trinajstić information content (AvgIpc) is 2.23. The van der Waals surface area contributed by atoms with Gasteiger partial charge in [-0.05, 0) is 30.7 Å². The molecule has 0 aromatic heterocycles. The summed E-state index contributed by atoms with van der Waals surface area (Å²) < 4.78 is 0.964. The number of nitrogens with zero attached hydrogens (tertiary/aromatic N) is 1. The van der Waals surface area contributed by atoms with E-state index in [9.17, 15) is 9.59 Å². The Morgan fingerprint density at radius 2 is 1.88 bits per heavy atom. The third kappa shape index (κ3) is 2.01. The van der Waals surface area contributed by atoms with E-state index in [1.54, 1.807) is 6.07 Å². The van der Waals surface area contributed by atoms with E-state index in [1.807, 2.05) is 19.1 Å². The van der Waals surface area contributed by atoms with Crippen LogP contribution in [-0.4, -0.2) is 24.9 Å². The Bertz CT molecular complexity index is 443. The molecule has 1 N–H and O–H groups in total. The van der Waals surface area contributed by atoms with Gasteiger partial charge < -0.3 is 0 Å². The van der Waals surface area contributed by atoms with Crippen molar-refractivity contribution in [2.24, 2.45) is 0 Å². The van der Waals surface area contributed by atoms with Crippen LogP contribution in [0.5, 0.6) is 0 Å². The Labute approximate surface area is 102 Å². The van der Waals surface area contributed by atoms with Crippen molar-refractivity contribution in [1.82, 2.24) is 5.32 Å². The third-order valence-corrected chi connectivity index (χ3v) is 3.34. The SMILES string of the molecule is Cc1cc(N2C(=O)CNCC2=O)ccc1Br. The van der Waals surface area contributed by atoms with Crippen LogP contribution in [0.2, 0.25) is 0 Å². The van der Waals surface area contributed by atoms with Crippen LogP contribution >= 0.6 is 15.9 Å². The third-order valence-electron chi connectivity index (χ3n) is 2.45. The number of anilines is 1. The zero-order valence-corrected chi connectivity index (χ0v) is 10.4. The first-order chi connectivity index (χ1) is 7.59. The molecule has 0 radical (unpaired) electrons. The number of benzene rings is 1. The lowest BCUT2D eigenvalue weighted by atomic mass is 10.2. The molecule has 16 heavy (non-hydrogen) atoms. The first-order valence-corrected chi connectivity index (χ1v) is 5.71. The normalized spacial score (nSPS) is 16.8. The Morgan fingerprint density at radius 3 is 2.44 bits per heavy atom. The van der Waals surface area contributed by atoms with Crippen LogP contribution in [0.3, 0.4) is 0 Å². The van der Waals surface area contributed by atoms with E-state index in [1.165, 1.54) is 4.90 Å². The molecule has 0 bridgehead atoms. The number of imide groups is 1. The topological polar surface area (TPSA) is 49.4 Å². The number of hydrogen-bond donors (Lipinski definition) is 1. The van der Waals surface area contributed by atoms with Crippen molar-refractivity contribution in [2.45, 2.75) is 6.92 Å². The molecule has 1 saturated heterocycles. The van der Waals surface area contributed by atoms with Gasteiger partial charge >= 0.3 is 0 Å². The van der Waals surface area contributed by atoms with E-state index in [2.05, 4.69) is 21.2 Å². The first-order valence-electron chi connectivity index (χ1n) is 4.92. The highest BCUT2D eigenvalue weighted by Gasteiger charge is 2.27. The molecule has 0 atom stereocenters. The van der Waals surface area contributed by atoms with Gasteiger partial charge in [-0.1, -0.05) is 15.9 Å². The second-order valence-electron chi connectivity index (χ2n) is 3.66. The zero-order chi connectivity index (χ0) is 11.7. The minimum atomic E-state index is -0.210. The van der Waals surface area contributed by atoms with Crippen molar-refractivity contribution in [1.29, 1.82) is 0 Å². The highest BCUT2D eigenvalue weighted by molar-refractivity contribution is 9.10. The predicted molar refractivity (Wildman–Crippen MR) is 64.2 cm³/mol. The van der Waals surface area contributed by atoms with Gasteiger partial charge in [-0.25, -0.2) is 4.90 Å². The smallest absolute Gasteiger partial charge is 0.247 e. The van der Waals surface area contributed by atoms with Crippen LogP contribution < -0.4 is 10.2 Å². The molecule has 1 aliphatic rings. The van der Waals surface area contributed by atoms with Crippen molar-refractivity contribution < 1.29 is 9.59 Å². The Balaban J connectivity index is 2.38. The lowest BCUT2D eigenvalue weighted by molar-refractivity contribution is -0.127. The van der Waals surface area contributed by atoms with Gasteiger partial charge in [0.05, 0.1) is 18.8 Å². The van der Waals surface area contributed by atoms with Gasteiger partial charge in [0, 0.05) is 4.47 Å². The van der Waals surface area contributed by atoms with Crippen molar-refractivity contribution in [3.05, 3.63) is 28.2 Å². The summed E-state index contributed by atoms with van der Waals surface area (Å²) in [5.74, 6) is -0.420. The molecule has 1 fully saturated rings. The van der Waals surface area contributed by atoms with Gasteiger partial charge in [0.15, 0.2) is 0 Å². The molecule has 0 spiro atoms. The number of aryl methyl sites for hydroxylation is 1. The summed E-state index contributed by atoms with van der Waals surface area (Å²) in [6, 6.07) is 5.43. The summed E-state index contributed by atoms with van der Waals surface area (Å²) >= 11 is 3.38. The molecule has 2 amide bonds. The van der Waals surface area contributed by atoms with E-state index < -0.39 is 0 Å². The largest absolute Gasteiger partial charge is 0.300 e. The number of piperazine rings is 1. The standard InChI is InChI=1S/C11H11BrN2O2/c1-7-4-8(2-3-9(7)12)14-10(15)5-13-6-11(14)16/h2-4,13H,5-6H2,1H3. The monoisotopic (exact) mass is 282 g/mol. The molecule has 84 valence electrons. The fourth-order valence-electron chi connectivity index (χ4n) is 1.63. The lowest BCUT2D eigenvalue weighted by Gasteiger charge is -2.25. The molecule has 1 aromatic rings. The minimum absolute atomic E-state index is 0.209. The first kappa shape index (κ1) is 11.3. The maximum absolute atomic E-state index is 11.6. The van der Waals surface area contributed by atoms with E-state index in [-0.39, 0.29) is 24.9 Å². The van der Waals surface area contributed by atoms with Crippen LogP contribution in [0.1, 0.15) is 5.56 Å². The Hall–Kier alpha value is -1.20. The molecule has 0 unspecified atom stereocenters. The zero-order valence-electron chi connectivity index (χ0n) is 8.79. The highest BCUT2D eigenvalue weighted by Crippen LogP contribution is 2.23. The molecule has 0 aliphatic carbocycles. The fourth-order valence-corrected chi connectivity index (χ4v) is 1.88. The van der Waals surface area contributed by atoms with Crippen LogP contribution in [0, 0.1) is 6.92 Å². The van der Waals surface area contributed by atoms with Crippen LogP contribution in [0.25, 0.3) is 0 Å². The molecular weight excluding hydrogens is 272 g/mol. The highest BCUT2D eigenvalue weighted by atomic mass is 79.9. The van der Waals surface area contributed by atoms with Crippen molar-refractivity contribution in [2.75, 3.05) is 18.0 Å². The van der Waals surface area contributed by atoms with Gasteiger partial charge in [0.2, 0.25) is 11.8 Å². The van der Waals surface area contributed by atoms with Crippen LogP contribution in [0.15, 0.2) is 22.7 Å². The van der Waals surface area contributed by atoms with E-state index in [0.717, 1.165) is 10.0 Å². The van der Waals surface area contributed by atoms with Gasteiger partial charge in [-0.2, -0.15) is 0 Å². The van der Waals surface area contributed by atoms with Gasteiger partial charge in [-0.3, -0.25) is 14.9 Å². The van der Waals surface area contributed by atoms with E-state index in [0.29, 0.717) is 5.69 Å². The molecule has 1 aromatic carbocycles. The van der Waals surface area contributed by atoms with Crippen molar-refractivity contribution in [3.8, 4) is 0 Å². The maximum Gasteiger partial charge on any atom is 0.247 e. The maximum atomic E-state index is 11.6. The average molecular weight is 283 g/mol. The summed E-state index contributed by atoms with van der Waals surface area (Å²) in [4.78, 5) is 24.5. The lowest BCUT2D eigenvalue weighted by Crippen LogP contribution is -2.52. The molecule has 0 saturated carbocycles. The second kappa shape index (κ2) is 4.35. The Morgan fingerprint density at radius 1 is 1.25 bits per heavy atom. The summed E-state index contributed by atoms with van der Waals surface area (Å²) in [5, 5.41) is 2.76. The summed E-state index contributed by atoms with van der Waals surface area (Å²) in [5.41, 5.74) is 1.63. The number of carbonyl (C=O) groups excluding carboxylic acids is 2. The predicted octanol–water partition coefficient (Wildman–Crippen LogP) is 1.22. The molecule has 1 heterocycles. The van der Waals surface area contributed by atoms with E-state index in [4.69, 9.17) is 0 Å². The number of halogens is 1. The Kier molecular flexibility index (Phi) is 3.07. The fraction of sp³-hybridized carbons (Fsp3) is 0.273. The summed E-state index contributed by atoms with van der Waals surface area (Å²) in [6.07, 6.45) is 0.